The first-order valence-electron chi connectivity index (χ1n) is 4.36. The summed E-state index contributed by atoms with van der Waals surface area (Å²) in [5.74, 6) is -1.44. The van der Waals surface area contributed by atoms with Gasteiger partial charge >= 0.3 is 5.97 Å². The average Bonchev–Trinajstić information content (AvgIpc) is 2.60. The second-order valence-corrected chi connectivity index (χ2v) is 3.20. The Morgan fingerprint density at radius 3 is 2.67 bits per heavy atom. The van der Waals surface area contributed by atoms with Gasteiger partial charge in [-0.15, -0.1) is 0 Å². The number of Topliss-reactive ketones (excluding diaryl/α,β-unsaturated/α-hetero) is 1. The van der Waals surface area contributed by atoms with Crippen LogP contribution in [0.2, 0.25) is 0 Å². The Bertz CT molecular complexity index is 551. The molecule has 4 heteroatoms. The van der Waals surface area contributed by atoms with E-state index in [0.717, 1.165) is 0 Å². The largest absolute Gasteiger partial charge is 0.475 e. The molecule has 1 aromatic heterocycles. The average molecular weight is 204 g/mol. The fourth-order valence-corrected chi connectivity index (χ4v) is 1.45. The van der Waals surface area contributed by atoms with Crippen molar-refractivity contribution in [1.82, 2.24) is 0 Å². The van der Waals surface area contributed by atoms with Crippen LogP contribution in [0.4, 0.5) is 0 Å². The fourth-order valence-electron chi connectivity index (χ4n) is 1.45. The zero-order valence-corrected chi connectivity index (χ0v) is 7.98. The van der Waals surface area contributed by atoms with E-state index in [4.69, 9.17) is 9.52 Å². The van der Waals surface area contributed by atoms with E-state index in [-0.39, 0.29) is 11.5 Å². The van der Waals surface area contributed by atoms with Gasteiger partial charge in [0.2, 0.25) is 5.76 Å². The minimum atomic E-state index is -1.14. The zero-order valence-electron chi connectivity index (χ0n) is 7.98. The van der Waals surface area contributed by atoms with E-state index in [1.165, 1.54) is 13.0 Å². The molecule has 0 aliphatic rings. The summed E-state index contributed by atoms with van der Waals surface area (Å²) in [5.41, 5.74) is 0.738. The van der Waals surface area contributed by atoms with Crippen LogP contribution in [0.5, 0.6) is 0 Å². The molecule has 0 saturated heterocycles. The highest BCUT2D eigenvalue weighted by Crippen LogP contribution is 2.23. The first-order valence-corrected chi connectivity index (χ1v) is 4.36. The van der Waals surface area contributed by atoms with Crippen LogP contribution in [-0.4, -0.2) is 16.9 Å². The van der Waals surface area contributed by atoms with Gasteiger partial charge in [0.1, 0.15) is 5.58 Å². The lowest BCUT2D eigenvalue weighted by molar-refractivity contribution is 0.0664. The minimum absolute atomic E-state index is 0.146. The third-order valence-electron chi connectivity index (χ3n) is 2.13. The molecule has 4 nitrogen and oxygen atoms in total. The molecule has 0 aliphatic carbocycles. The standard InChI is InChI=1S/C11H8O4/c1-6(12)8-4-2-3-7-5-9(11(13)14)15-10(7)8/h2-5H,1H3,(H,13,14). The molecule has 0 bridgehead atoms. The quantitative estimate of drug-likeness (QED) is 0.762. The Morgan fingerprint density at radius 2 is 2.07 bits per heavy atom. The van der Waals surface area contributed by atoms with Gasteiger partial charge < -0.3 is 9.52 Å². The minimum Gasteiger partial charge on any atom is -0.475 e. The number of ketones is 1. The number of rotatable bonds is 2. The van der Waals surface area contributed by atoms with Gasteiger partial charge in [0.05, 0.1) is 5.56 Å². The lowest BCUT2D eigenvalue weighted by Crippen LogP contribution is -1.92. The number of benzene rings is 1. The summed E-state index contributed by atoms with van der Waals surface area (Å²) in [6, 6.07) is 6.42. The lowest BCUT2D eigenvalue weighted by atomic mass is 10.1. The van der Waals surface area contributed by atoms with Gasteiger partial charge in [-0.3, -0.25) is 4.79 Å². The predicted molar refractivity (Wildman–Crippen MR) is 53.2 cm³/mol. The molecule has 1 N–H and O–H groups in total. The van der Waals surface area contributed by atoms with E-state index in [1.54, 1.807) is 18.2 Å². The number of carboxylic acid groups (broad SMARTS) is 1. The first-order chi connectivity index (χ1) is 7.09. The fraction of sp³-hybridized carbons (Fsp3) is 0.0909. The summed E-state index contributed by atoms with van der Waals surface area (Å²) in [7, 11) is 0. The molecule has 0 atom stereocenters. The van der Waals surface area contributed by atoms with E-state index in [1.807, 2.05) is 0 Å². The van der Waals surface area contributed by atoms with Crippen LogP contribution in [0, 0.1) is 0 Å². The first kappa shape index (κ1) is 9.45. The maximum absolute atomic E-state index is 11.2. The van der Waals surface area contributed by atoms with Crippen LogP contribution < -0.4 is 0 Å². The van der Waals surface area contributed by atoms with Crippen LogP contribution in [0.3, 0.4) is 0 Å². The molecule has 0 unspecified atom stereocenters. The molecule has 0 spiro atoms. The van der Waals surface area contributed by atoms with Gasteiger partial charge in [0.25, 0.3) is 0 Å². The van der Waals surface area contributed by atoms with Crippen molar-refractivity contribution in [1.29, 1.82) is 0 Å². The highest BCUT2D eigenvalue weighted by Gasteiger charge is 2.14. The molecule has 0 aliphatic heterocycles. The molecule has 0 saturated carbocycles. The van der Waals surface area contributed by atoms with Gasteiger partial charge in [-0.2, -0.15) is 0 Å². The number of para-hydroxylation sites is 1. The summed E-state index contributed by atoms with van der Waals surface area (Å²) in [6.07, 6.45) is 0. The van der Waals surface area contributed by atoms with Crippen LogP contribution >= 0.6 is 0 Å². The molecule has 0 amide bonds. The van der Waals surface area contributed by atoms with Crippen molar-refractivity contribution >= 4 is 22.7 Å². The van der Waals surface area contributed by atoms with Gasteiger partial charge in [-0.05, 0) is 19.1 Å². The summed E-state index contributed by atoms with van der Waals surface area (Å²) >= 11 is 0. The van der Waals surface area contributed by atoms with E-state index in [2.05, 4.69) is 0 Å². The second kappa shape index (κ2) is 3.24. The van der Waals surface area contributed by atoms with Crippen LogP contribution in [0.25, 0.3) is 11.0 Å². The summed E-state index contributed by atoms with van der Waals surface area (Å²) in [6.45, 7) is 1.41. The number of furan rings is 1. The number of hydrogen-bond acceptors (Lipinski definition) is 3. The molecule has 1 heterocycles. The van der Waals surface area contributed by atoms with Gasteiger partial charge in [-0.1, -0.05) is 12.1 Å². The van der Waals surface area contributed by atoms with Crippen molar-refractivity contribution in [2.75, 3.05) is 0 Å². The van der Waals surface area contributed by atoms with Crippen molar-refractivity contribution in [2.24, 2.45) is 0 Å². The molecule has 15 heavy (non-hydrogen) atoms. The molecular formula is C11H8O4. The number of carbonyl (C=O) groups is 2. The van der Waals surface area contributed by atoms with Crippen molar-refractivity contribution in [3.8, 4) is 0 Å². The summed E-state index contributed by atoms with van der Waals surface area (Å²) < 4.78 is 5.10. The molecule has 2 rings (SSSR count). The molecule has 0 fully saturated rings. The Kier molecular flexibility index (Phi) is 2.04. The number of hydrogen-bond donors (Lipinski definition) is 1. The lowest BCUT2D eigenvalue weighted by Gasteiger charge is -1.95. The Morgan fingerprint density at radius 1 is 1.33 bits per heavy atom. The van der Waals surface area contributed by atoms with Gasteiger partial charge in [0, 0.05) is 5.39 Å². The van der Waals surface area contributed by atoms with Crippen molar-refractivity contribution < 1.29 is 19.1 Å². The third-order valence-corrected chi connectivity index (χ3v) is 2.13. The van der Waals surface area contributed by atoms with Crippen LogP contribution in [-0.2, 0) is 0 Å². The molecule has 0 radical (unpaired) electrons. The van der Waals surface area contributed by atoms with Crippen LogP contribution in [0.1, 0.15) is 27.8 Å². The normalized spacial score (nSPS) is 10.5. The second-order valence-electron chi connectivity index (χ2n) is 3.20. The number of carbonyl (C=O) groups excluding carboxylic acids is 1. The maximum Gasteiger partial charge on any atom is 0.371 e. The molecular weight excluding hydrogens is 196 g/mol. The predicted octanol–water partition coefficient (Wildman–Crippen LogP) is 2.33. The van der Waals surface area contributed by atoms with E-state index < -0.39 is 5.97 Å². The van der Waals surface area contributed by atoms with Crippen molar-refractivity contribution in [3.05, 3.63) is 35.6 Å². The summed E-state index contributed by atoms with van der Waals surface area (Å²) in [4.78, 5) is 21.9. The van der Waals surface area contributed by atoms with E-state index in [9.17, 15) is 9.59 Å². The third kappa shape index (κ3) is 1.50. The molecule has 1 aromatic carbocycles. The number of aromatic carboxylic acids is 1. The van der Waals surface area contributed by atoms with Crippen LogP contribution in [0.15, 0.2) is 28.7 Å². The van der Waals surface area contributed by atoms with Gasteiger partial charge in [0.15, 0.2) is 5.78 Å². The number of fused-ring (bicyclic) bond motifs is 1. The maximum atomic E-state index is 11.2. The highest BCUT2D eigenvalue weighted by atomic mass is 16.4. The SMILES string of the molecule is CC(=O)c1cccc2cc(C(=O)O)oc12. The summed E-state index contributed by atoms with van der Waals surface area (Å²) in [5, 5.41) is 9.36. The Balaban J connectivity index is 2.75. The molecule has 2 aromatic rings. The Labute approximate surface area is 85.1 Å². The highest BCUT2D eigenvalue weighted by molar-refractivity contribution is 6.06. The van der Waals surface area contributed by atoms with E-state index in [0.29, 0.717) is 16.5 Å². The van der Waals surface area contributed by atoms with Gasteiger partial charge in [-0.25, -0.2) is 4.79 Å². The topological polar surface area (TPSA) is 67.5 Å². The Hall–Kier alpha value is -2.10. The van der Waals surface area contributed by atoms with E-state index >= 15 is 0 Å². The van der Waals surface area contributed by atoms with Crippen molar-refractivity contribution in [2.45, 2.75) is 6.92 Å². The zero-order chi connectivity index (χ0) is 11.0. The van der Waals surface area contributed by atoms with Crippen molar-refractivity contribution in [3.63, 3.8) is 0 Å². The smallest absolute Gasteiger partial charge is 0.371 e. The molecule has 76 valence electrons. The monoisotopic (exact) mass is 204 g/mol. The number of carboxylic acids is 1.